The molecular formula is C13H14N2O2. The van der Waals surface area contributed by atoms with Crippen LogP contribution in [0.3, 0.4) is 0 Å². The first-order valence-electron chi connectivity index (χ1n) is 5.48. The van der Waals surface area contributed by atoms with Gasteiger partial charge in [-0.3, -0.25) is 9.78 Å². The first-order chi connectivity index (χ1) is 8.22. The average Bonchev–Trinajstić information content (AvgIpc) is 2.35. The Morgan fingerprint density at radius 1 is 1.35 bits per heavy atom. The van der Waals surface area contributed by atoms with E-state index in [2.05, 4.69) is 4.98 Å². The highest BCUT2D eigenvalue weighted by molar-refractivity contribution is 5.82. The van der Waals surface area contributed by atoms with Crippen LogP contribution in [0, 0.1) is 0 Å². The van der Waals surface area contributed by atoms with E-state index in [1.165, 1.54) is 0 Å². The van der Waals surface area contributed by atoms with Crippen LogP contribution in [0.2, 0.25) is 0 Å². The third-order valence-electron chi connectivity index (χ3n) is 2.81. The van der Waals surface area contributed by atoms with Crippen molar-refractivity contribution in [2.24, 2.45) is 5.73 Å². The Bertz CT molecular complexity index is 534. The zero-order chi connectivity index (χ0) is 12.3. The maximum absolute atomic E-state index is 10.8. The zero-order valence-electron chi connectivity index (χ0n) is 9.34. The van der Waals surface area contributed by atoms with Crippen molar-refractivity contribution in [1.82, 2.24) is 4.98 Å². The molecule has 0 aliphatic carbocycles. The fraction of sp³-hybridized carbons (Fsp3) is 0.231. The van der Waals surface area contributed by atoms with E-state index < -0.39 is 5.97 Å². The highest BCUT2D eigenvalue weighted by atomic mass is 16.4. The van der Waals surface area contributed by atoms with E-state index in [1.807, 2.05) is 30.3 Å². The summed E-state index contributed by atoms with van der Waals surface area (Å²) in [7, 11) is 0. The summed E-state index contributed by atoms with van der Waals surface area (Å²) in [5, 5.41) is 9.88. The van der Waals surface area contributed by atoms with Crippen LogP contribution in [0.1, 0.15) is 17.9 Å². The Kier molecular flexibility index (Phi) is 3.35. The van der Waals surface area contributed by atoms with Gasteiger partial charge in [-0.25, -0.2) is 0 Å². The average molecular weight is 230 g/mol. The predicted octanol–water partition coefficient (Wildman–Crippen LogP) is 1.75. The number of para-hydroxylation sites is 1. The van der Waals surface area contributed by atoms with Gasteiger partial charge in [0.1, 0.15) is 0 Å². The van der Waals surface area contributed by atoms with Gasteiger partial charge in [-0.15, -0.1) is 0 Å². The molecule has 0 bridgehead atoms. The summed E-state index contributed by atoms with van der Waals surface area (Å²) in [5.74, 6) is -1.03. The van der Waals surface area contributed by atoms with Gasteiger partial charge in [-0.1, -0.05) is 24.3 Å². The lowest BCUT2D eigenvalue weighted by molar-refractivity contribution is -0.137. The number of nitrogens with zero attached hydrogens (tertiary/aromatic N) is 1. The van der Waals surface area contributed by atoms with E-state index in [4.69, 9.17) is 10.8 Å². The van der Waals surface area contributed by atoms with Gasteiger partial charge < -0.3 is 10.8 Å². The van der Waals surface area contributed by atoms with Gasteiger partial charge >= 0.3 is 5.97 Å². The highest BCUT2D eigenvalue weighted by Gasteiger charge is 2.16. The molecule has 2 rings (SSSR count). The van der Waals surface area contributed by atoms with E-state index in [0.717, 1.165) is 16.5 Å². The lowest BCUT2D eigenvalue weighted by atomic mass is 9.93. The predicted molar refractivity (Wildman–Crippen MR) is 65.8 cm³/mol. The second-order valence-corrected chi connectivity index (χ2v) is 3.95. The van der Waals surface area contributed by atoms with Crippen LogP contribution < -0.4 is 5.73 Å². The maximum Gasteiger partial charge on any atom is 0.304 e. The number of fused-ring (bicyclic) bond motifs is 1. The second-order valence-electron chi connectivity index (χ2n) is 3.95. The van der Waals surface area contributed by atoms with E-state index in [1.54, 1.807) is 6.20 Å². The fourth-order valence-corrected chi connectivity index (χ4v) is 1.99. The summed E-state index contributed by atoms with van der Waals surface area (Å²) in [4.78, 5) is 15.1. The maximum atomic E-state index is 10.8. The van der Waals surface area contributed by atoms with Gasteiger partial charge in [0, 0.05) is 17.5 Å². The lowest BCUT2D eigenvalue weighted by Crippen LogP contribution is -2.16. The number of hydrogen-bond donors (Lipinski definition) is 2. The summed E-state index contributed by atoms with van der Waals surface area (Å²) < 4.78 is 0. The molecule has 0 radical (unpaired) electrons. The monoisotopic (exact) mass is 230 g/mol. The van der Waals surface area contributed by atoms with Crippen LogP contribution in [-0.2, 0) is 4.79 Å². The molecule has 1 heterocycles. The number of benzene rings is 1. The summed E-state index contributed by atoms with van der Waals surface area (Å²) >= 11 is 0. The standard InChI is InChI=1S/C13H14N2O2/c14-8-10(7-12(16)17)11-5-1-3-9-4-2-6-15-13(9)11/h1-6,10H,7-8,14H2,(H,16,17). The number of rotatable bonds is 4. The molecule has 0 amide bonds. The van der Waals surface area contributed by atoms with Crippen LogP contribution in [-0.4, -0.2) is 22.6 Å². The summed E-state index contributed by atoms with van der Waals surface area (Å²) in [6.07, 6.45) is 1.74. The molecule has 1 aromatic heterocycles. The summed E-state index contributed by atoms with van der Waals surface area (Å²) in [5.41, 5.74) is 7.40. The molecule has 17 heavy (non-hydrogen) atoms. The van der Waals surface area contributed by atoms with Gasteiger partial charge in [0.15, 0.2) is 0 Å². The van der Waals surface area contributed by atoms with Gasteiger partial charge in [-0.05, 0) is 18.2 Å². The Morgan fingerprint density at radius 2 is 2.12 bits per heavy atom. The molecule has 88 valence electrons. The molecule has 1 unspecified atom stereocenters. The number of carboxylic acid groups (broad SMARTS) is 1. The number of carbonyl (C=O) groups is 1. The van der Waals surface area contributed by atoms with Gasteiger partial charge in [0.05, 0.1) is 11.9 Å². The van der Waals surface area contributed by atoms with Crippen LogP contribution in [0.4, 0.5) is 0 Å². The molecule has 4 heteroatoms. The Balaban J connectivity index is 2.49. The van der Waals surface area contributed by atoms with Crippen molar-refractivity contribution in [3.8, 4) is 0 Å². The molecular weight excluding hydrogens is 216 g/mol. The number of hydrogen-bond acceptors (Lipinski definition) is 3. The number of aliphatic carboxylic acids is 1. The van der Waals surface area contributed by atoms with Crippen LogP contribution in [0.15, 0.2) is 36.5 Å². The SMILES string of the molecule is NCC(CC(=O)O)c1cccc2cccnc12. The van der Waals surface area contributed by atoms with E-state index in [0.29, 0.717) is 6.54 Å². The third-order valence-corrected chi connectivity index (χ3v) is 2.81. The van der Waals surface area contributed by atoms with Crippen molar-refractivity contribution >= 4 is 16.9 Å². The number of aromatic nitrogens is 1. The molecule has 0 spiro atoms. The minimum atomic E-state index is -0.839. The molecule has 2 aromatic rings. The first kappa shape index (κ1) is 11.5. The fourth-order valence-electron chi connectivity index (χ4n) is 1.99. The van der Waals surface area contributed by atoms with Crippen molar-refractivity contribution in [2.45, 2.75) is 12.3 Å². The minimum absolute atomic E-state index is 0.0339. The molecule has 1 aromatic carbocycles. The molecule has 0 aliphatic rings. The Hall–Kier alpha value is -1.94. The van der Waals surface area contributed by atoms with Crippen molar-refractivity contribution < 1.29 is 9.90 Å². The molecule has 1 atom stereocenters. The first-order valence-corrected chi connectivity index (χ1v) is 5.48. The normalized spacial score (nSPS) is 12.5. The molecule has 0 aliphatic heterocycles. The highest BCUT2D eigenvalue weighted by Crippen LogP contribution is 2.25. The van der Waals surface area contributed by atoms with Crippen LogP contribution >= 0.6 is 0 Å². The van der Waals surface area contributed by atoms with Crippen molar-refractivity contribution in [3.05, 3.63) is 42.1 Å². The Labute approximate surface area is 99.1 Å². The molecule has 0 fully saturated rings. The second kappa shape index (κ2) is 4.93. The topological polar surface area (TPSA) is 76.2 Å². The Morgan fingerprint density at radius 3 is 2.82 bits per heavy atom. The number of pyridine rings is 1. The third kappa shape index (κ3) is 2.42. The zero-order valence-corrected chi connectivity index (χ0v) is 9.34. The van der Waals surface area contributed by atoms with Crippen molar-refractivity contribution in [3.63, 3.8) is 0 Å². The summed E-state index contributed by atoms with van der Waals surface area (Å²) in [6, 6.07) is 9.58. The molecule has 0 saturated carbocycles. The van der Waals surface area contributed by atoms with Crippen LogP contribution in [0.5, 0.6) is 0 Å². The lowest BCUT2D eigenvalue weighted by Gasteiger charge is -2.14. The largest absolute Gasteiger partial charge is 0.481 e. The van der Waals surface area contributed by atoms with Gasteiger partial charge in [0.2, 0.25) is 0 Å². The van der Waals surface area contributed by atoms with Crippen LogP contribution in [0.25, 0.3) is 10.9 Å². The number of nitrogens with two attached hydrogens (primary N) is 1. The number of carboxylic acids is 1. The van der Waals surface area contributed by atoms with E-state index >= 15 is 0 Å². The van der Waals surface area contributed by atoms with Gasteiger partial charge in [-0.2, -0.15) is 0 Å². The smallest absolute Gasteiger partial charge is 0.304 e. The molecule has 3 N–H and O–H groups in total. The van der Waals surface area contributed by atoms with Crippen molar-refractivity contribution in [1.29, 1.82) is 0 Å². The van der Waals surface area contributed by atoms with Crippen molar-refractivity contribution in [2.75, 3.05) is 6.54 Å². The minimum Gasteiger partial charge on any atom is -0.481 e. The van der Waals surface area contributed by atoms with E-state index in [-0.39, 0.29) is 12.3 Å². The van der Waals surface area contributed by atoms with E-state index in [9.17, 15) is 4.79 Å². The summed E-state index contributed by atoms with van der Waals surface area (Å²) in [6.45, 7) is 0.308. The molecule has 4 nitrogen and oxygen atoms in total. The quantitative estimate of drug-likeness (QED) is 0.839. The molecule has 0 saturated heterocycles. The van der Waals surface area contributed by atoms with Gasteiger partial charge in [0.25, 0.3) is 0 Å².